The molecule has 1 aromatic carbocycles. The van der Waals surface area contributed by atoms with E-state index in [-0.39, 0.29) is 12.5 Å². The van der Waals surface area contributed by atoms with Crippen LogP contribution >= 0.6 is 0 Å². The third kappa shape index (κ3) is 5.86. The first-order chi connectivity index (χ1) is 13.9. The van der Waals surface area contributed by atoms with Gasteiger partial charge >= 0.3 is 0 Å². The molecule has 12 nitrogen and oxygen atoms in total. The van der Waals surface area contributed by atoms with Crippen LogP contribution in [0, 0.1) is 0 Å². The summed E-state index contributed by atoms with van der Waals surface area (Å²) in [6.07, 6.45) is 0.475. The number of hydrogen-bond acceptors (Lipinski definition) is 9. The maximum Gasteiger partial charge on any atom is 0.240 e. The number of aromatic amines is 1. The SMILES string of the molecule is CC(C)(N)C(=O)N[C@H](COCc1ccccc1)c1nnnn1CCc1nn[nH]n1. The van der Waals surface area contributed by atoms with Gasteiger partial charge < -0.3 is 15.8 Å². The van der Waals surface area contributed by atoms with E-state index >= 15 is 0 Å². The molecule has 1 amide bonds. The third-order valence-electron chi connectivity index (χ3n) is 4.09. The molecule has 0 saturated heterocycles. The lowest BCUT2D eigenvalue weighted by Gasteiger charge is -2.23. The largest absolute Gasteiger partial charge is 0.374 e. The molecule has 1 atom stereocenters. The summed E-state index contributed by atoms with van der Waals surface area (Å²) < 4.78 is 7.40. The van der Waals surface area contributed by atoms with Crippen LogP contribution in [0.3, 0.4) is 0 Å². The molecular weight excluding hydrogens is 376 g/mol. The van der Waals surface area contributed by atoms with Crippen LogP contribution in [0.25, 0.3) is 0 Å². The Morgan fingerprint density at radius 1 is 1.31 bits per heavy atom. The lowest BCUT2D eigenvalue weighted by Crippen LogP contribution is -2.51. The minimum atomic E-state index is -1.05. The minimum absolute atomic E-state index is 0.180. The fraction of sp³-hybridized carbons (Fsp3) is 0.471. The molecule has 0 bridgehead atoms. The molecule has 154 valence electrons. The van der Waals surface area contributed by atoms with E-state index in [4.69, 9.17) is 10.5 Å². The molecule has 2 heterocycles. The van der Waals surface area contributed by atoms with Crippen LogP contribution in [-0.4, -0.2) is 58.9 Å². The fourth-order valence-corrected chi connectivity index (χ4v) is 2.51. The van der Waals surface area contributed by atoms with E-state index in [0.717, 1.165) is 5.56 Å². The van der Waals surface area contributed by atoms with E-state index in [9.17, 15) is 4.79 Å². The highest BCUT2D eigenvalue weighted by Gasteiger charge is 2.28. The molecule has 0 saturated carbocycles. The van der Waals surface area contributed by atoms with Gasteiger partial charge in [0, 0.05) is 6.42 Å². The molecular formula is C17H24N10O2. The molecule has 29 heavy (non-hydrogen) atoms. The van der Waals surface area contributed by atoms with Gasteiger partial charge in [0.2, 0.25) is 5.91 Å². The average Bonchev–Trinajstić information content (AvgIpc) is 3.37. The van der Waals surface area contributed by atoms with Gasteiger partial charge in [-0.15, -0.1) is 15.3 Å². The van der Waals surface area contributed by atoms with Crippen molar-refractivity contribution in [2.24, 2.45) is 5.73 Å². The molecule has 12 heteroatoms. The van der Waals surface area contributed by atoms with Crippen LogP contribution < -0.4 is 11.1 Å². The van der Waals surface area contributed by atoms with Crippen molar-refractivity contribution in [3.8, 4) is 0 Å². The third-order valence-corrected chi connectivity index (χ3v) is 4.09. The Morgan fingerprint density at radius 3 is 2.79 bits per heavy atom. The number of aromatic nitrogens is 8. The minimum Gasteiger partial charge on any atom is -0.374 e. The smallest absolute Gasteiger partial charge is 0.240 e. The highest BCUT2D eigenvalue weighted by atomic mass is 16.5. The van der Waals surface area contributed by atoms with Gasteiger partial charge in [-0.2, -0.15) is 5.21 Å². The van der Waals surface area contributed by atoms with E-state index in [1.807, 2.05) is 30.3 Å². The Morgan fingerprint density at radius 2 is 2.10 bits per heavy atom. The molecule has 0 aliphatic carbocycles. The van der Waals surface area contributed by atoms with Gasteiger partial charge in [-0.1, -0.05) is 35.5 Å². The number of nitrogens with two attached hydrogens (primary N) is 1. The number of carbonyl (C=O) groups excluding carboxylic acids is 1. The maximum atomic E-state index is 12.5. The highest BCUT2D eigenvalue weighted by molar-refractivity contribution is 5.85. The number of nitrogens with one attached hydrogen (secondary N) is 2. The summed E-state index contributed by atoms with van der Waals surface area (Å²) in [5, 5.41) is 28.5. The van der Waals surface area contributed by atoms with Crippen molar-refractivity contribution in [1.82, 2.24) is 46.1 Å². The molecule has 0 spiro atoms. The Balaban J connectivity index is 1.70. The van der Waals surface area contributed by atoms with Crippen molar-refractivity contribution in [1.29, 1.82) is 0 Å². The fourth-order valence-electron chi connectivity index (χ4n) is 2.51. The number of rotatable bonds is 10. The number of hydrogen-bond donors (Lipinski definition) is 3. The molecule has 4 N–H and O–H groups in total. The second-order valence-corrected chi connectivity index (χ2v) is 7.09. The molecule has 0 fully saturated rings. The van der Waals surface area contributed by atoms with Gasteiger partial charge in [0.1, 0.15) is 6.04 Å². The van der Waals surface area contributed by atoms with Crippen LogP contribution in [0.15, 0.2) is 30.3 Å². The summed E-state index contributed by atoms with van der Waals surface area (Å²) in [6, 6.07) is 9.17. The summed E-state index contributed by atoms with van der Waals surface area (Å²) in [7, 11) is 0. The van der Waals surface area contributed by atoms with Gasteiger partial charge in [-0.25, -0.2) is 4.68 Å². The van der Waals surface area contributed by atoms with Crippen molar-refractivity contribution in [3.63, 3.8) is 0 Å². The summed E-state index contributed by atoms with van der Waals surface area (Å²) >= 11 is 0. The predicted molar refractivity (Wildman–Crippen MR) is 101 cm³/mol. The molecule has 0 radical (unpaired) electrons. The summed E-state index contributed by atoms with van der Waals surface area (Å²) in [6.45, 7) is 4.24. The van der Waals surface area contributed by atoms with Crippen molar-refractivity contribution < 1.29 is 9.53 Å². The normalized spacial score (nSPS) is 12.7. The topological polar surface area (TPSA) is 162 Å². The number of H-pyrrole nitrogens is 1. The molecule has 0 aliphatic heterocycles. The number of benzene rings is 1. The number of aryl methyl sites for hydroxylation is 2. The molecule has 3 rings (SSSR count). The van der Waals surface area contributed by atoms with Gasteiger partial charge in [-0.3, -0.25) is 4.79 Å². The van der Waals surface area contributed by atoms with Gasteiger partial charge in [-0.05, 0) is 29.8 Å². The lowest BCUT2D eigenvalue weighted by molar-refractivity contribution is -0.126. The van der Waals surface area contributed by atoms with E-state index in [1.54, 1.807) is 18.5 Å². The Labute approximate surface area is 167 Å². The standard InChI is InChI=1S/C17H24N10O2/c1-17(2,18)16(28)19-13(11-29-10-12-6-4-3-5-7-12)15-22-25-26-27(15)9-8-14-20-23-24-21-14/h3-7,13H,8-11,18H2,1-2H3,(H,19,28)(H,20,21,23,24)/t13-/m1/s1. The van der Waals surface area contributed by atoms with Crippen LogP contribution in [0.4, 0.5) is 0 Å². The van der Waals surface area contributed by atoms with Crippen molar-refractivity contribution in [2.75, 3.05) is 6.61 Å². The Kier molecular flexibility index (Phi) is 6.57. The van der Waals surface area contributed by atoms with Crippen LogP contribution in [-0.2, 0) is 29.1 Å². The molecule has 3 aromatic rings. The van der Waals surface area contributed by atoms with Gasteiger partial charge in [0.05, 0.1) is 25.3 Å². The van der Waals surface area contributed by atoms with E-state index in [0.29, 0.717) is 31.2 Å². The highest BCUT2D eigenvalue weighted by Crippen LogP contribution is 2.13. The number of ether oxygens (including phenoxy) is 1. The first-order valence-corrected chi connectivity index (χ1v) is 9.13. The maximum absolute atomic E-state index is 12.5. The van der Waals surface area contributed by atoms with Crippen LogP contribution in [0.2, 0.25) is 0 Å². The molecule has 0 unspecified atom stereocenters. The average molecular weight is 400 g/mol. The van der Waals surface area contributed by atoms with E-state index in [2.05, 4.69) is 41.5 Å². The second kappa shape index (κ2) is 9.30. The van der Waals surface area contributed by atoms with Gasteiger partial charge in [0.15, 0.2) is 11.6 Å². The number of tetrazole rings is 2. The van der Waals surface area contributed by atoms with Crippen LogP contribution in [0.1, 0.15) is 37.1 Å². The summed E-state index contributed by atoms with van der Waals surface area (Å²) in [5.41, 5.74) is 5.89. The zero-order valence-electron chi connectivity index (χ0n) is 16.3. The van der Waals surface area contributed by atoms with Crippen molar-refractivity contribution in [3.05, 3.63) is 47.5 Å². The second-order valence-electron chi connectivity index (χ2n) is 7.09. The summed E-state index contributed by atoms with van der Waals surface area (Å²) in [4.78, 5) is 12.5. The first-order valence-electron chi connectivity index (χ1n) is 9.13. The zero-order valence-corrected chi connectivity index (χ0v) is 16.3. The Bertz CT molecular complexity index is 889. The van der Waals surface area contributed by atoms with Crippen LogP contribution in [0.5, 0.6) is 0 Å². The predicted octanol–water partition coefficient (Wildman–Crippen LogP) is -0.460. The number of carbonyl (C=O) groups is 1. The number of nitrogens with zero attached hydrogens (tertiary/aromatic N) is 7. The van der Waals surface area contributed by atoms with Crippen molar-refractivity contribution in [2.45, 2.75) is 45.0 Å². The zero-order chi connectivity index (χ0) is 20.7. The molecule has 0 aliphatic rings. The first kappa shape index (κ1) is 20.5. The monoisotopic (exact) mass is 400 g/mol. The quantitative estimate of drug-likeness (QED) is 0.408. The van der Waals surface area contributed by atoms with Gasteiger partial charge in [0.25, 0.3) is 0 Å². The molecule has 2 aromatic heterocycles. The van der Waals surface area contributed by atoms with E-state index < -0.39 is 11.6 Å². The van der Waals surface area contributed by atoms with E-state index in [1.165, 1.54) is 0 Å². The van der Waals surface area contributed by atoms with Crippen molar-refractivity contribution >= 4 is 5.91 Å². The number of amides is 1. The lowest BCUT2D eigenvalue weighted by atomic mass is 10.1. The summed E-state index contributed by atoms with van der Waals surface area (Å²) in [5.74, 6) is 0.660. The Hall–Kier alpha value is -3.25.